The Morgan fingerprint density at radius 3 is 2.77 bits per heavy atom. The third kappa shape index (κ3) is 4.09. The van der Waals surface area contributed by atoms with Gasteiger partial charge < -0.3 is 5.11 Å². The van der Waals surface area contributed by atoms with Crippen molar-refractivity contribution in [3.05, 3.63) is 52.5 Å². The van der Waals surface area contributed by atoms with Gasteiger partial charge in [0.05, 0.1) is 5.70 Å². The number of rotatable bonds is 6. The highest BCUT2D eigenvalue weighted by Gasteiger charge is 2.20. The predicted molar refractivity (Wildman–Crippen MR) is 89.8 cm³/mol. The maximum absolute atomic E-state index is 10.8. The summed E-state index contributed by atoms with van der Waals surface area (Å²) in [4.78, 5) is 3.95. The molecule has 0 aliphatic heterocycles. The Bertz CT molecular complexity index is 641. The molecule has 2 aromatic rings. The van der Waals surface area contributed by atoms with Gasteiger partial charge in [0.2, 0.25) is 0 Å². The molecule has 6 heteroatoms. The number of hydrogen-bond acceptors (Lipinski definition) is 3. The van der Waals surface area contributed by atoms with Crippen LogP contribution in [0.15, 0.2) is 36.9 Å². The van der Waals surface area contributed by atoms with Crippen molar-refractivity contribution >= 4 is 28.9 Å². The van der Waals surface area contributed by atoms with Gasteiger partial charge in [0.1, 0.15) is 18.8 Å². The van der Waals surface area contributed by atoms with E-state index in [-0.39, 0.29) is 0 Å². The lowest BCUT2D eigenvalue weighted by molar-refractivity contribution is 0.229. The SMILES string of the molecule is CCCC(C)C=C(C(O)c1ccc(Cl)cc1Cl)n1cncn1. The summed E-state index contributed by atoms with van der Waals surface area (Å²) in [5.74, 6) is 0.310. The highest BCUT2D eigenvalue weighted by molar-refractivity contribution is 6.35. The summed E-state index contributed by atoms with van der Waals surface area (Å²) in [6, 6.07) is 5.06. The first-order valence-corrected chi connectivity index (χ1v) is 7.98. The molecule has 2 rings (SSSR count). The van der Waals surface area contributed by atoms with Crippen LogP contribution in [0.3, 0.4) is 0 Å². The second-order valence-electron chi connectivity index (χ2n) is 5.27. The summed E-state index contributed by atoms with van der Waals surface area (Å²) in [6.45, 7) is 4.24. The summed E-state index contributed by atoms with van der Waals surface area (Å²) in [7, 11) is 0. The topological polar surface area (TPSA) is 50.9 Å². The fourth-order valence-corrected chi connectivity index (χ4v) is 2.86. The van der Waals surface area contributed by atoms with E-state index in [2.05, 4.69) is 23.9 Å². The largest absolute Gasteiger partial charge is 0.382 e. The summed E-state index contributed by atoms with van der Waals surface area (Å²) < 4.78 is 1.57. The number of aliphatic hydroxyl groups excluding tert-OH is 1. The van der Waals surface area contributed by atoms with Crippen LogP contribution in [0.4, 0.5) is 0 Å². The van der Waals surface area contributed by atoms with E-state index in [9.17, 15) is 5.11 Å². The fourth-order valence-electron chi connectivity index (χ4n) is 2.35. The number of halogens is 2. The van der Waals surface area contributed by atoms with Crippen molar-refractivity contribution < 1.29 is 5.11 Å². The van der Waals surface area contributed by atoms with Crippen molar-refractivity contribution in [2.45, 2.75) is 32.8 Å². The number of hydrogen-bond donors (Lipinski definition) is 1. The van der Waals surface area contributed by atoms with Gasteiger partial charge in [0.25, 0.3) is 0 Å². The van der Waals surface area contributed by atoms with Crippen LogP contribution in [0, 0.1) is 5.92 Å². The molecule has 2 atom stereocenters. The molecule has 22 heavy (non-hydrogen) atoms. The fraction of sp³-hybridized carbons (Fsp3) is 0.375. The van der Waals surface area contributed by atoms with Crippen molar-refractivity contribution in [3.8, 4) is 0 Å². The molecule has 1 aromatic heterocycles. The predicted octanol–water partition coefficient (Wildman–Crippen LogP) is 4.60. The standard InChI is InChI=1S/C16H19Cl2N3O/c1-3-4-11(2)7-15(21-10-19-9-20-21)16(22)13-6-5-12(17)8-14(13)18/h5-11,16,22H,3-4H2,1-2H3. The monoisotopic (exact) mass is 339 g/mol. The number of nitrogens with zero attached hydrogens (tertiary/aromatic N) is 3. The highest BCUT2D eigenvalue weighted by Crippen LogP contribution is 2.33. The Balaban J connectivity index is 2.40. The summed E-state index contributed by atoms with van der Waals surface area (Å²) in [5.41, 5.74) is 1.24. The van der Waals surface area contributed by atoms with Crippen LogP contribution in [0.5, 0.6) is 0 Å². The van der Waals surface area contributed by atoms with E-state index in [0.717, 1.165) is 12.8 Å². The lowest BCUT2D eigenvalue weighted by Gasteiger charge is -2.18. The van der Waals surface area contributed by atoms with Crippen LogP contribution in [-0.2, 0) is 0 Å². The zero-order valence-electron chi connectivity index (χ0n) is 12.6. The lowest BCUT2D eigenvalue weighted by atomic mass is 10.00. The minimum atomic E-state index is -0.897. The molecule has 4 nitrogen and oxygen atoms in total. The molecule has 1 N–H and O–H groups in total. The Morgan fingerprint density at radius 1 is 1.41 bits per heavy atom. The zero-order chi connectivity index (χ0) is 16.1. The third-order valence-electron chi connectivity index (χ3n) is 3.42. The van der Waals surface area contributed by atoms with E-state index in [1.165, 1.54) is 6.33 Å². The first-order chi connectivity index (χ1) is 10.5. The van der Waals surface area contributed by atoms with Gasteiger partial charge >= 0.3 is 0 Å². The van der Waals surface area contributed by atoms with E-state index in [4.69, 9.17) is 23.2 Å². The Labute approximate surface area is 140 Å². The first kappa shape index (κ1) is 17.0. The van der Waals surface area contributed by atoms with Crippen molar-refractivity contribution in [1.29, 1.82) is 0 Å². The lowest BCUT2D eigenvalue weighted by Crippen LogP contribution is -2.10. The second-order valence-corrected chi connectivity index (χ2v) is 6.11. The molecule has 0 fully saturated rings. The van der Waals surface area contributed by atoms with Gasteiger partial charge in [-0.25, -0.2) is 9.67 Å². The van der Waals surface area contributed by atoms with Gasteiger partial charge in [0.15, 0.2) is 0 Å². The normalized spacial score (nSPS) is 14.9. The van der Waals surface area contributed by atoms with E-state index >= 15 is 0 Å². The van der Waals surface area contributed by atoms with Gasteiger partial charge in [-0.1, -0.05) is 55.6 Å². The van der Waals surface area contributed by atoms with E-state index in [0.29, 0.717) is 27.2 Å². The quantitative estimate of drug-likeness (QED) is 0.836. The van der Waals surface area contributed by atoms with Gasteiger partial charge in [-0.15, -0.1) is 0 Å². The molecule has 0 spiro atoms. The molecule has 0 aliphatic carbocycles. The van der Waals surface area contributed by atoms with Crippen LogP contribution < -0.4 is 0 Å². The van der Waals surface area contributed by atoms with E-state index in [1.807, 2.05) is 6.08 Å². The smallest absolute Gasteiger partial charge is 0.138 e. The number of benzene rings is 1. The second kappa shape index (κ2) is 7.77. The average Bonchev–Trinajstić information content (AvgIpc) is 2.98. The molecule has 1 aromatic carbocycles. The molecule has 0 aliphatic rings. The van der Waals surface area contributed by atoms with Gasteiger partial charge in [-0.2, -0.15) is 5.10 Å². The third-order valence-corrected chi connectivity index (χ3v) is 3.98. The zero-order valence-corrected chi connectivity index (χ0v) is 14.1. The minimum Gasteiger partial charge on any atom is -0.382 e. The molecule has 2 unspecified atom stereocenters. The van der Waals surface area contributed by atoms with Crippen molar-refractivity contribution in [2.75, 3.05) is 0 Å². The van der Waals surface area contributed by atoms with Gasteiger partial charge in [0, 0.05) is 15.6 Å². The maximum atomic E-state index is 10.8. The summed E-state index contributed by atoms with van der Waals surface area (Å²) in [6.07, 6.45) is 6.21. The van der Waals surface area contributed by atoms with Crippen molar-refractivity contribution in [1.82, 2.24) is 14.8 Å². The van der Waals surface area contributed by atoms with Crippen LogP contribution in [0.1, 0.15) is 38.4 Å². The number of aliphatic hydroxyl groups is 1. The van der Waals surface area contributed by atoms with Crippen LogP contribution >= 0.6 is 23.2 Å². The maximum Gasteiger partial charge on any atom is 0.138 e. The first-order valence-electron chi connectivity index (χ1n) is 7.22. The molecular weight excluding hydrogens is 321 g/mol. The Morgan fingerprint density at radius 2 is 2.18 bits per heavy atom. The van der Waals surface area contributed by atoms with Crippen LogP contribution in [0.25, 0.3) is 5.70 Å². The molecule has 0 bridgehead atoms. The average molecular weight is 340 g/mol. The molecular formula is C16H19Cl2N3O. The molecule has 118 valence electrons. The Kier molecular flexibility index (Phi) is 6.00. The summed E-state index contributed by atoms with van der Waals surface area (Å²) >= 11 is 12.1. The van der Waals surface area contributed by atoms with Crippen molar-refractivity contribution in [2.24, 2.45) is 5.92 Å². The molecule has 0 radical (unpaired) electrons. The highest BCUT2D eigenvalue weighted by atomic mass is 35.5. The molecule has 0 amide bonds. The van der Waals surface area contributed by atoms with Crippen LogP contribution in [0.2, 0.25) is 10.0 Å². The molecule has 0 saturated heterocycles. The Hall–Kier alpha value is -1.36. The van der Waals surface area contributed by atoms with E-state index in [1.54, 1.807) is 29.2 Å². The molecule has 1 heterocycles. The van der Waals surface area contributed by atoms with Crippen molar-refractivity contribution in [3.63, 3.8) is 0 Å². The van der Waals surface area contributed by atoms with Crippen LogP contribution in [-0.4, -0.2) is 19.9 Å². The molecule has 0 saturated carbocycles. The minimum absolute atomic E-state index is 0.310. The van der Waals surface area contributed by atoms with Gasteiger partial charge in [-0.05, 0) is 24.5 Å². The van der Waals surface area contributed by atoms with E-state index < -0.39 is 6.10 Å². The number of allylic oxidation sites excluding steroid dienone is 1. The van der Waals surface area contributed by atoms with Gasteiger partial charge in [-0.3, -0.25) is 0 Å². The number of aromatic nitrogens is 3. The summed E-state index contributed by atoms with van der Waals surface area (Å²) in [5, 5.41) is 15.8.